The van der Waals surface area contributed by atoms with Gasteiger partial charge in [-0.05, 0) is 32.6 Å². The van der Waals surface area contributed by atoms with Crippen molar-refractivity contribution in [3.63, 3.8) is 0 Å². The van der Waals surface area contributed by atoms with Gasteiger partial charge < -0.3 is 9.73 Å². The molecule has 5 nitrogen and oxygen atoms in total. The van der Waals surface area contributed by atoms with Crippen LogP contribution in [0, 0.1) is 5.92 Å². The van der Waals surface area contributed by atoms with Gasteiger partial charge in [0, 0.05) is 32.1 Å². The molecule has 0 spiro atoms. The van der Waals surface area contributed by atoms with Crippen LogP contribution in [0.5, 0.6) is 0 Å². The Bertz CT molecular complexity index is 518. The average molecular weight is 305 g/mol. The molecule has 0 radical (unpaired) electrons. The lowest BCUT2D eigenvalue weighted by atomic mass is 9.88. The third-order valence-electron chi connectivity index (χ3n) is 4.66. The van der Waals surface area contributed by atoms with Gasteiger partial charge in [-0.1, -0.05) is 19.3 Å². The van der Waals surface area contributed by atoms with Crippen molar-refractivity contribution < 1.29 is 9.21 Å². The van der Waals surface area contributed by atoms with Crippen molar-refractivity contribution in [1.29, 1.82) is 0 Å². The molecule has 2 aliphatic rings. The Morgan fingerprint density at radius 2 is 2.14 bits per heavy atom. The standard InChI is InChI=1S/C17H27N3O2/c1-12(2)18-16(21)17-19-14-11-20(9-8-15(14)22-17)10-13-6-4-3-5-7-13/h12-13H,3-11H2,1-2H3,(H,18,21). The Hall–Kier alpha value is -1.36. The van der Waals surface area contributed by atoms with Crippen molar-refractivity contribution in [2.45, 2.75) is 65.0 Å². The normalized spacial score (nSPS) is 20.1. The molecule has 1 aromatic heterocycles. The number of nitrogens with one attached hydrogen (secondary N) is 1. The van der Waals surface area contributed by atoms with Crippen LogP contribution in [-0.2, 0) is 13.0 Å². The fourth-order valence-corrected chi connectivity index (χ4v) is 3.56. The third kappa shape index (κ3) is 3.69. The summed E-state index contributed by atoms with van der Waals surface area (Å²) in [4.78, 5) is 18.9. The highest BCUT2D eigenvalue weighted by Gasteiger charge is 2.26. The topological polar surface area (TPSA) is 58.4 Å². The second-order valence-electron chi connectivity index (χ2n) is 7.01. The van der Waals surface area contributed by atoms with Crippen LogP contribution in [0.2, 0.25) is 0 Å². The average Bonchev–Trinajstić information content (AvgIpc) is 2.91. The van der Waals surface area contributed by atoms with Crippen molar-refractivity contribution in [2.75, 3.05) is 13.1 Å². The van der Waals surface area contributed by atoms with Gasteiger partial charge in [-0.2, -0.15) is 0 Å². The highest BCUT2D eigenvalue weighted by atomic mass is 16.4. The number of carbonyl (C=O) groups is 1. The molecule has 1 fully saturated rings. The summed E-state index contributed by atoms with van der Waals surface area (Å²) in [6.07, 6.45) is 7.76. The van der Waals surface area contributed by atoms with Gasteiger partial charge in [-0.3, -0.25) is 9.69 Å². The van der Waals surface area contributed by atoms with E-state index >= 15 is 0 Å². The molecule has 1 aliphatic heterocycles. The van der Waals surface area contributed by atoms with E-state index in [0.29, 0.717) is 0 Å². The first-order valence-electron chi connectivity index (χ1n) is 8.63. The highest BCUT2D eigenvalue weighted by molar-refractivity contribution is 5.89. The number of fused-ring (bicyclic) bond motifs is 1. The summed E-state index contributed by atoms with van der Waals surface area (Å²) in [6, 6.07) is 0.0965. The van der Waals surface area contributed by atoms with E-state index < -0.39 is 0 Å². The van der Waals surface area contributed by atoms with Gasteiger partial charge >= 0.3 is 5.91 Å². The predicted molar refractivity (Wildman–Crippen MR) is 84.7 cm³/mol. The monoisotopic (exact) mass is 305 g/mol. The first-order chi connectivity index (χ1) is 10.6. The van der Waals surface area contributed by atoms with Crippen LogP contribution in [0.3, 0.4) is 0 Å². The molecule has 0 saturated heterocycles. The van der Waals surface area contributed by atoms with Crippen LogP contribution >= 0.6 is 0 Å². The van der Waals surface area contributed by atoms with E-state index in [0.717, 1.165) is 36.9 Å². The second-order valence-corrected chi connectivity index (χ2v) is 7.01. The maximum absolute atomic E-state index is 12.0. The first-order valence-corrected chi connectivity index (χ1v) is 8.63. The molecule has 5 heteroatoms. The molecule has 0 bridgehead atoms. The zero-order valence-corrected chi connectivity index (χ0v) is 13.7. The molecular weight excluding hydrogens is 278 g/mol. The van der Waals surface area contributed by atoms with Gasteiger partial charge in [-0.15, -0.1) is 0 Å². The lowest BCUT2D eigenvalue weighted by Crippen LogP contribution is -2.35. The SMILES string of the molecule is CC(C)NC(=O)c1nc2c(o1)CCN(CC1CCCCC1)C2. The highest BCUT2D eigenvalue weighted by Crippen LogP contribution is 2.27. The Morgan fingerprint density at radius 1 is 1.36 bits per heavy atom. The maximum atomic E-state index is 12.0. The number of hydrogen-bond donors (Lipinski definition) is 1. The molecular formula is C17H27N3O2. The van der Waals surface area contributed by atoms with Crippen molar-refractivity contribution in [3.8, 4) is 0 Å². The molecule has 0 atom stereocenters. The van der Waals surface area contributed by atoms with Crippen LogP contribution in [0.4, 0.5) is 0 Å². The van der Waals surface area contributed by atoms with Gasteiger partial charge in [0.2, 0.25) is 0 Å². The largest absolute Gasteiger partial charge is 0.437 e. The van der Waals surface area contributed by atoms with E-state index in [1.165, 1.54) is 38.6 Å². The Balaban J connectivity index is 1.60. The van der Waals surface area contributed by atoms with Crippen LogP contribution in [-0.4, -0.2) is 34.9 Å². The van der Waals surface area contributed by atoms with Gasteiger partial charge in [0.1, 0.15) is 5.76 Å². The summed E-state index contributed by atoms with van der Waals surface area (Å²) in [5, 5.41) is 2.84. The smallest absolute Gasteiger partial charge is 0.307 e. The number of rotatable bonds is 4. The van der Waals surface area contributed by atoms with E-state index in [4.69, 9.17) is 4.42 Å². The van der Waals surface area contributed by atoms with E-state index in [2.05, 4.69) is 15.2 Å². The minimum atomic E-state index is -0.205. The summed E-state index contributed by atoms with van der Waals surface area (Å²) < 4.78 is 5.66. The summed E-state index contributed by atoms with van der Waals surface area (Å²) in [7, 11) is 0. The van der Waals surface area contributed by atoms with Crippen molar-refractivity contribution in [3.05, 3.63) is 17.3 Å². The van der Waals surface area contributed by atoms with Gasteiger partial charge in [0.15, 0.2) is 0 Å². The van der Waals surface area contributed by atoms with Crippen LogP contribution in [0.25, 0.3) is 0 Å². The number of hydrogen-bond acceptors (Lipinski definition) is 4. The summed E-state index contributed by atoms with van der Waals surface area (Å²) in [6.45, 7) is 6.88. The molecule has 1 saturated carbocycles. The molecule has 1 aromatic rings. The summed E-state index contributed by atoms with van der Waals surface area (Å²) in [5.74, 6) is 1.75. The fourth-order valence-electron chi connectivity index (χ4n) is 3.56. The van der Waals surface area contributed by atoms with Gasteiger partial charge in [0.25, 0.3) is 5.89 Å². The molecule has 1 N–H and O–H groups in total. The molecule has 122 valence electrons. The molecule has 0 unspecified atom stereocenters. The lowest BCUT2D eigenvalue weighted by Gasteiger charge is -2.31. The van der Waals surface area contributed by atoms with Gasteiger partial charge in [-0.25, -0.2) is 4.98 Å². The van der Waals surface area contributed by atoms with Crippen molar-refractivity contribution in [1.82, 2.24) is 15.2 Å². The number of carbonyl (C=O) groups excluding carboxylic acids is 1. The Kier molecular flexibility index (Phi) is 4.81. The van der Waals surface area contributed by atoms with E-state index in [1.807, 2.05) is 13.8 Å². The van der Waals surface area contributed by atoms with Crippen LogP contribution in [0.15, 0.2) is 4.42 Å². The quantitative estimate of drug-likeness (QED) is 0.929. The summed E-state index contributed by atoms with van der Waals surface area (Å²) >= 11 is 0. The fraction of sp³-hybridized carbons (Fsp3) is 0.765. The molecule has 22 heavy (non-hydrogen) atoms. The maximum Gasteiger partial charge on any atom is 0.307 e. The Morgan fingerprint density at radius 3 is 2.86 bits per heavy atom. The second kappa shape index (κ2) is 6.82. The van der Waals surface area contributed by atoms with E-state index in [1.54, 1.807) is 0 Å². The predicted octanol–water partition coefficient (Wildman–Crippen LogP) is 2.75. The summed E-state index contributed by atoms with van der Waals surface area (Å²) in [5.41, 5.74) is 0.955. The van der Waals surface area contributed by atoms with Crippen LogP contribution < -0.4 is 5.32 Å². The zero-order chi connectivity index (χ0) is 15.5. The molecule has 0 aromatic carbocycles. The zero-order valence-electron chi connectivity index (χ0n) is 13.7. The minimum absolute atomic E-state index is 0.0965. The number of nitrogens with zero attached hydrogens (tertiary/aromatic N) is 2. The molecule has 1 aliphatic carbocycles. The third-order valence-corrected chi connectivity index (χ3v) is 4.66. The van der Waals surface area contributed by atoms with Crippen molar-refractivity contribution in [2.24, 2.45) is 5.92 Å². The number of aromatic nitrogens is 1. The number of amides is 1. The first kappa shape index (κ1) is 15.5. The molecule has 3 rings (SSSR count). The molecule has 1 amide bonds. The van der Waals surface area contributed by atoms with E-state index in [-0.39, 0.29) is 17.8 Å². The molecule has 2 heterocycles. The van der Waals surface area contributed by atoms with Gasteiger partial charge in [0.05, 0.1) is 5.69 Å². The van der Waals surface area contributed by atoms with Crippen molar-refractivity contribution >= 4 is 5.91 Å². The van der Waals surface area contributed by atoms with Crippen LogP contribution in [0.1, 0.15) is 68.1 Å². The minimum Gasteiger partial charge on any atom is -0.437 e. The Labute approximate surface area is 132 Å². The number of oxazole rings is 1. The lowest BCUT2D eigenvalue weighted by molar-refractivity contribution is 0.0906. The van der Waals surface area contributed by atoms with E-state index in [9.17, 15) is 4.79 Å².